The fraction of sp³-hybridized carbons (Fsp3) is 0.214. The van der Waals surface area contributed by atoms with Crippen LogP contribution in [0.1, 0.15) is 11.1 Å². The van der Waals surface area contributed by atoms with E-state index < -0.39 is 22.5 Å². The minimum absolute atomic E-state index is 0.128. The second kappa shape index (κ2) is 5.87. The standard InChI is InChI=1S/C14H15NO4S2/c1-10-6-11(2)8-12(7-10)15(9-13(16)17)21(18,19)14-4-3-5-20-14/h3-8H,9H2,1-2H3,(H,16,17). The topological polar surface area (TPSA) is 74.7 Å². The predicted octanol–water partition coefficient (Wildman–Crippen LogP) is 2.64. The average molecular weight is 325 g/mol. The summed E-state index contributed by atoms with van der Waals surface area (Å²) in [4.78, 5) is 11.1. The second-order valence-corrected chi connectivity index (χ2v) is 7.72. The number of nitrogens with zero attached hydrogens (tertiary/aromatic N) is 1. The van der Waals surface area contributed by atoms with E-state index in [0.29, 0.717) is 5.69 Å². The Morgan fingerprint density at radius 2 is 1.86 bits per heavy atom. The summed E-state index contributed by atoms with van der Waals surface area (Å²) in [5, 5.41) is 10.7. The lowest BCUT2D eigenvalue weighted by Gasteiger charge is -2.22. The second-order valence-electron chi connectivity index (χ2n) is 4.68. The molecule has 2 aromatic rings. The lowest BCUT2D eigenvalue weighted by molar-refractivity contribution is -0.135. The average Bonchev–Trinajstić information content (AvgIpc) is 2.88. The number of aliphatic carboxylic acids is 1. The van der Waals surface area contributed by atoms with Crippen LogP contribution in [0, 0.1) is 13.8 Å². The quantitative estimate of drug-likeness (QED) is 0.917. The molecule has 0 amide bonds. The van der Waals surface area contributed by atoms with Crippen LogP contribution in [0.3, 0.4) is 0 Å². The molecule has 0 atom stereocenters. The van der Waals surface area contributed by atoms with E-state index in [9.17, 15) is 13.2 Å². The van der Waals surface area contributed by atoms with Gasteiger partial charge in [-0.25, -0.2) is 8.42 Å². The lowest BCUT2D eigenvalue weighted by atomic mass is 10.1. The summed E-state index contributed by atoms with van der Waals surface area (Å²) in [6.45, 7) is 3.07. The van der Waals surface area contributed by atoms with Crippen molar-refractivity contribution in [3.8, 4) is 0 Å². The fourth-order valence-electron chi connectivity index (χ4n) is 2.05. The third kappa shape index (κ3) is 3.43. The van der Waals surface area contributed by atoms with Gasteiger partial charge in [0, 0.05) is 0 Å². The van der Waals surface area contributed by atoms with Crippen LogP contribution in [0.15, 0.2) is 39.9 Å². The minimum atomic E-state index is -3.87. The van der Waals surface area contributed by atoms with E-state index in [2.05, 4.69) is 0 Å². The first-order chi connectivity index (χ1) is 9.80. The van der Waals surface area contributed by atoms with Gasteiger partial charge in [0.2, 0.25) is 0 Å². The van der Waals surface area contributed by atoms with Gasteiger partial charge in [0.1, 0.15) is 10.8 Å². The number of benzene rings is 1. The summed E-state index contributed by atoms with van der Waals surface area (Å²) in [7, 11) is -3.87. The summed E-state index contributed by atoms with van der Waals surface area (Å²) in [5.74, 6) is -1.20. The van der Waals surface area contributed by atoms with Crippen LogP contribution in [0.25, 0.3) is 0 Å². The normalized spacial score (nSPS) is 11.3. The third-order valence-corrected chi connectivity index (χ3v) is 5.96. The van der Waals surface area contributed by atoms with E-state index in [1.54, 1.807) is 23.6 Å². The molecule has 0 aliphatic rings. The Balaban J connectivity index is 2.56. The summed E-state index contributed by atoms with van der Waals surface area (Å²) < 4.78 is 26.3. The molecule has 21 heavy (non-hydrogen) atoms. The van der Waals surface area contributed by atoms with Crippen molar-refractivity contribution >= 4 is 33.0 Å². The first-order valence-corrected chi connectivity index (χ1v) is 8.49. The van der Waals surface area contributed by atoms with Crippen molar-refractivity contribution in [2.45, 2.75) is 18.1 Å². The Morgan fingerprint density at radius 1 is 1.24 bits per heavy atom. The number of hydrogen-bond donors (Lipinski definition) is 1. The molecule has 1 heterocycles. The van der Waals surface area contributed by atoms with Crippen molar-refractivity contribution < 1.29 is 18.3 Å². The zero-order chi connectivity index (χ0) is 15.6. The SMILES string of the molecule is Cc1cc(C)cc(N(CC(=O)O)S(=O)(=O)c2cccs2)c1. The molecule has 0 bridgehead atoms. The summed E-state index contributed by atoms with van der Waals surface area (Å²) >= 11 is 1.07. The molecule has 0 saturated carbocycles. The summed E-state index contributed by atoms with van der Waals surface area (Å²) in [6.07, 6.45) is 0. The smallest absolute Gasteiger partial charge is 0.324 e. The monoisotopic (exact) mass is 325 g/mol. The maximum absolute atomic E-state index is 12.6. The molecular weight excluding hydrogens is 310 g/mol. The van der Waals surface area contributed by atoms with Gasteiger partial charge in [0.15, 0.2) is 0 Å². The first-order valence-electron chi connectivity index (χ1n) is 6.17. The summed E-state index contributed by atoms with van der Waals surface area (Å²) in [6, 6.07) is 8.33. The number of carboxylic acid groups (broad SMARTS) is 1. The highest BCUT2D eigenvalue weighted by atomic mass is 32.2. The number of rotatable bonds is 5. The number of carboxylic acids is 1. The van der Waals surface area contributed by atoms with Crippen molar-refractivity contribution in [2.24, 2.45) is 0 Å². The number of anilines is 1. The van der Waals surface area contributed by atoms with Crippen molar-refractivity contribution in [1.82, 2.24) is 0 Å². The zero-order valence-electron chi connectivity index (χ0n) is 11.6. The molecule has 5 nitrogen and oxygen atoms in total. The Kier molecular flexibility index (Phi) is 4.34. The van der Waals surface area contributed by atoms with Crippen molar-refractivity contribution in [2.75, 3.05) is 10.8 Å². The highest BCUT2D eigenvalue weighted by Crippen LogP contribution is 2.27. The molecule has 0 radical (unpaired) electrons. The Morgan fingerprint density at radius 3 is 2.33 bits per heavy atom. The Labute approximate surface area is 127 Å². The maximum atomic E-state index is 12.6. The molecule has 1 N–H and O–H groups in total. The molecule has 0 spiro atoms. The molecule has 2 rings (SSSR count). The van der Waals surface area contributed by atoms with Crippen LogP contribution in [0.4, 0.5) is 5.69 Å². The van der Waals surface area contributed by atoms with Gasteiger partial charge in [0.25, 0.3) is 10.0 Å². The highest BCUT2D eigenvalue weighted by Gasteiger charge is 2.28. The van der Waals surface area contributed by atoms with E-state index >= 15 is 0 Å². The van der Waals surface area contributed by atoms with E-state index in [-0.39, 0.29) is 4.21 Å². The van der Waals surface area contributed by atoms with Gasteiger partial charge >= 0.3 is 5.97 Å². The van der Waals surface area contributed by atoms with Gasteiger partial charge in [-0.1, -0.05) is 12.1 Å². The molecular formula is C14H15NO4S2. The molecule has 0 fully saturated rings. The van der Waals surface area contributed by atoms with E-state index in [1.165, 1.54) is 6.07 Å². The van der Waals surface area contributed by atoms with Crippen molar-refractivity contribution in [3.05, 3.63) is 46.8 Å². The Hall–Kier alpha value is -1.86. The molecule has 1 aromatic carbocycles. The number of carbonyl (C=O) groups is 1. The van der Waals surface area contributed by atoms with Crippen LogP contribution in [0.2, 0.25) is 0 Å². The largest absolute Gasteiger partial charge is 0.480 e. The Bertz CT molecular complexity index is 731. The number of thiophene rings is 1. The lowest BCUT2D eigenvalue weighted by Crippen LogP contribution is -2.35. The van der Waals surface area contributed by atoms with Crippen LogP contribution in [0.5, 0.6) is 0 Å². The van der Waals surface area contributed by atoms with E-state index in [0.717, 1.165) is 26.8 Å². The molecule has 0 saturated heterocycles. The molecule has 1 aromatic heterocycles. The molecule has 0 unspecified atom stereocenters. The van der Waals surface area contributed by atoms with Crippen molar-refractivity contribution in [1.29, 1.82) is 0 Å². The number of aryl methyl sites for hydroxylation is 2. The maximum Gasteiger partial charge on any atom is 0.324 e. The van der Waals surface area contributed by atoms with Gasteiger partial charge in [-0.05, 0) is 48.6 Å². The molecule has 0 aliphatic heterocycles. The first kappa shape index (κ1) is 15.5. The van der Waals surface area contributed by atoms with Gasteiger partial charge in [0.05, 0.1) is 5.69 Å². The molecule has 112 valence electrons. The number of hydrogen-bond acceptors (Lipinski definition) is 4. The van der Waals surface area contributed by atoms with Crippen LogP contribution >= 0.6 is 11.3 Å². The zero-order valence-corrected chi connectivity index (χ0v) is 13.2. The predicted molar refractivity (Wildman–Crippen MR) is 82.4 cm³/mol. The molecule has 0 aliphatic carbocycles. The van der Waals surface area contributed by atoms with Crippen LogP contribution < -0.4 is 4.31 Å². The fourth-order valence-corrected chi connectivity index (χ4v) is 4.55. The van der Waals surface area contributed by atoms with Crippen LogP contribution in [-0.2, 0) is 14.8 Å². The van der Waals surface area contributed by atoms with Gasteiger partial charge in [-0.3, -0.25) is 9.10 Å². The molecule has 7 heteroatoms. The minimum Gasteiger partial charge on any atom is -0.480 e. The van der Waals surface area contributed by atoms with Gasteiger partial charge in [-0.2, -0.15) is 0 Å². The van der Waals surface area contributed by atoms with Crippen LogP contribution in [-0.4, -0.2) is 26.0 Å². The van der Waals surface area contributed by atoms with E-state index in [1.807, 2.05) is 19.9 Å². The van der Waals surface area contributed by atoms with E-state index in [4.69, 9.17) is 5.11 Å². The van der Waals surface area contributed by atoms with Crippen molar-refractivity contribution in [3.63, 3.8) is 0 Å². The van der Waals surface area contributed by atoms with Gasteiger partial charge in [-0.15, -0.1) is 11.3 Å². The summed E-state index contributed by atoms with van der Waals surface area (Å²) in [5.41, 5.74) is 2.12. The third-order valence-electron chi connectivity index (χ3n) is 2.81. The highest BCUT2D eigenvalue weighted by molar-refractivity contribution is 7.94. The van der Waals surface area contributed by atoms with Gasteiger partial charge < -0.3 is 5.11 Å². The number of sulfonamides is 1.